The van der Waals surface area contributed by atoms with Crippen molar-refractivity contribution in [3.63, 3.8) is 0 Å². The van der Waals surface area contributed by atoms with Gasteiger partial charge in [-0.1, -0.05) is 39.0 Å². The van der Waals surface area contributed by atoms with Crippen LogP contribution in [0.1, 0.15) is 57.4 Å². The predicted octanol–water partition coefficient (Wildman–Crippen LogP) is 4.05. The highest BCUT2D eigenvalue weighted by molar-refractivity contribution is 5.76. The van der Waals surface area contributed by atoms with Crippen LogP contribution in [0.2, 0.25) is 0 Å². The molecule has 4 nitrogen and oxygen atoms in total. The maximum absolute atomic E-state index is 12.9. The molecule has 1 atom stereocenters. The normalized spacial score (nSPS) is 16.8. The molecule has 1 unspecified atom stereocenters. The molecule has 4 heteroatoms. The smallest absolute Gasteiger partial charge is 0.223 e. The summed E-state index contributed by atoms with van der Waals surface area (Å²) >= 11 is 0. The Morgan fingerprint density at radius 3 is 2.67 bits per heavy atom. The van der Waals surface area contributed by atoms with Crippen LogP contribution < -0.4 is 0 Å². The summed E-state index contributed by atoms with van der Waals surface area (Å²) in [6.07, 6.45) is 11.7. The van der Waals surface area contributed by atoms with Gasteiger partial charge < -0.3 is 9.64 Å². The third-order valence-electron chi connectivity index (χ3n) is 5.20. The van der Waals surface area contributed by atoms with Gasteiger partial charge in [0.25, 0.3) is 0 Å². The SMILES string of the molecule is COCCCN(Cc1ccncc1)C(=O)CC(C)C1CCCCC1. The average molecular weight is 332 g/mol. The van der Waals surface area contributed by atoms with E-state index in [-0.39, 0.29) is 5.91 Å². The summed E-state index contributed by atoms with van der Waals surface area (Å²) in [5.74, 6) is 1.49. The van der Waals surface area contributed by atoms with Gasteiger partial charge in [0.1, 0.15) is 0 Å². The lowest BCUT2D eigenvalue weighted by Gasteiger charge is -2.30. The first-order chi connectivity index (χ1) is 11.7. The minimum Gasteiger partial charge on any atom is -0.385 e. The number of ether oxygens (including phenoxy) is 1. The molecule has 134 valence electrons. The minimum atomic E-state index is 0.279. The van der Waals surface area contributed by atoms with Crippen molar-refractivity contribution in [2.75, 3.05) is 20.3 Å². The number of carbonyl (C=O) groups excluding carboxylic acids is 1. The number of rotatable bonds is 9. The molecular formula is C20H32N2O2. The fraction of sp³-hybridized carbons (Fsp3) is 0.700. The molecule has 0 radical (unpaired) electrons. The van der Waals surface area contributed by atoms with Crippen LogP contribution >= 0.6 is 0 Å². The van der Waals surface area contributed by atoms with E-state index in [2.05, 4.69) is 11.9 Å². The van der Waals surface area contributed by atoms with E-state index in [1.54, 1.807) is 19.5 Å². The molecule has 0 bridgehead atoms. The van der Waals surface area contributed by atoms with Crippen LogP contribution in [-0.2, 0) is 16.1 Å². The lowest BCUT2D eigenvalue weighted by Crippen LogP contribution is -2.34. The topological polar surface area (TPSA) is 42.4 Å². The summed E-state index contributed by atoms with van der Waals surface area (Å²) < 4.78 is 5.15. The fourth-order valence-electron chi connectivity index (χ4n) is 3.67. The molecule has 1 heterocycles. The molecule has 24 heavy (non-hydrogen) atoms. The standard InChI is InChI=1S/C20H32N2O2/c1-17(19-7-4-3-5-8-19)15-20(23)22(13-6-14-24-2)16-18-9-11-21-12-10-18/h9-12,17,19H,3-8,13-16H2,1-2H3. The first-order valence-corrected chi connectivity index (χ1v) is 9.36. The van der Waals surface area contributed by atoms with Crippen LogP contribution in [0.5, 0.6) is 0 Å². The summed E-state index contributed by atoms with van der Waals surface area (Å²) in [6.45, 7) is 4.38. The zero-order valence-corrected chi connectivity index (χ0v) is 15.2. The summed E-state index contributed by atoms with van der Waals surface area (Å²) in [7, 11) is 1.71. The van der Waals surface area contributed by atoms with Crippen LogP contribution in [-0.4, -0.2) is 36.1 Å². The zero-order chi connectivity index (χ0) is 17.2. The van der Waals surface area contributed by atoms with Gasteiger partial charge in [-0.25, -0.2) is 0 Å². The van der Waals surface area contributed by atoms with Crippen molar-refractivity contribution < 1.29 is 9.53 Å². The monoisotopic (exact) mass is 332 g/mol. The van der Waals surface area contributed by atoms with Crippen molar-refractivity contribution >= 4 is 5.91 Å². The van der Waals surface area contributed by atoms with E-state index >= 15 is 0 Å². The average Bonchev–Trinajstić information content (AvgIpc) is 2.62. The van der Waals surface area contributed by atoms with Gasteiger partial charge in [-0.05, 0) is 36.0 Å². The molecule has 1 aromatic heterocycles. The molecule has 1 amide bonds. The Balaban J connectivity index is 1.92. The summed E-state index contributed by atoms with van der Waals surface area (Å²) in [4.78, 5) is 18.9. The highest BCUT2D eigenvalue weighted by atomic mass is 16.5. The molecule has 1 aliphatic carbocycles. The quantitative estimate of drug-likeness (QED) is 0.641. The van der Waals surface area contributed by atoms with Gasteiger partial charge in [-0.2, -0.15) is 0 Å². The van der Waals surface area contributed by atoms with Gasteiger partial charge in [0.2, 0.25) is 5.91 Å². The molecule has 1 aromatic rings. The Hall–Kier alpha value is -1.42. The number of hydrogen-bond acceptors (Lipinski definition) is 3. The number of carbonyl (C=O) groups is 1. The molecule has 0 saturated heterocycles. The molecular weight excluding hydrogens is 300 g/mol. The largest absolute Gasteiger partial charge is 0.385 e. The molecule has 0 aromatic carbocycles. The van der Waals surface area contributed by atoms with Gasteiger partial charge >= 0.3 is 0 Å². The predicted molar refractivity (Wildman–Crippen MR) is 96.5 cm³/mol. The summed E-state index contributed by atoms with van der Waals surface area (Å²) in [6, 6.07) is 3.97. The van der Waals surface area contributed by atoms with Crippen molar-refractivity contribution in [2.45, 2.75) is 58.4 Å². The first-order valence-electron chi connectivity index (χ1n) is 9.36. The first kappa shape index (κ1) is 18.9. The molecule has 0 N–H and O–H groups in total. The van der Waals surface area contributed by atoms with Crippen molar-refractivity contribution in [1.29, 1.82) is 0 Å². The van der Waals surface area contributed by atoms with E-state index < -0.39 is 0 Å². The number of methoxy groups -OCH3 is 1. The van der Waals surface area contributed by atoms with Crippen molar-refractivity contribution in [3.8, 4) is 0 Å². The number of pyridine rings is 1. The number of aromatic nitrogens is 1. The molecule has 0 aliphatic heterocycles. The zero-order valence-electron chi connectivity index (χ0n) is 15.2. The van der Waals surface area contributed by atoms with E-state index in [1.807, 2.05) is 17.0 Å². The van der Waals surface area contributed by atoms with Gasteiger partial charge in [0.05, 0.1) is 0 Å². The third-order valence-corrected chi connectivity index (χ3v) is 5.20. The second kappa shape index (κ2) is 10.4. The van der Waals surface area contributed by atoms with E-state index in [0.717, 1.165) is 24.4 Å². The summed E-state index contributed by atoms with van der Waals surface area (Å²) in [5, 5.41) is 0. The van der Waals surface area contributed by atoms with E-state index in [4.69, 9.17) is 4.74 Å². The van der Waals surface area contributed by atoms with Gasteiger partial charge in [-0.15, -0.1) is 0 Å². The van der Waals surface area contributed by atoms with Crippen LogP contribution in [0.3, 0.4) is 0 Å². The van der Waals surface area contributed by atoms with Gasteiger partial charge in [0, 0.05) is 45.6 Å². The van der Waals surface area contributed by atoms with Crippen LogP contribution in [0.4, 0.5) is 0 Å². The number of hydrogen-bond donors (Lipinski definition) is 0. The number of nitrogens with zero attached hydrogens (tertiary/aromatic N) is 2. The van der Waals surface area contributed by atoms with Crippen LogP contribution in [0.25, 0.3) is 0 Å². The van der Waals surface area contributed by atoms with Gasteiger partial charge in [0.15, 0.2) is 0 Å². The molecule has 2 rings (SSSR count). The van der Waals surface area contributed by atoms with E-state index in [9.17, 15) is 4.79 Å². The van der Waals surface area contributed by atoms with E-state index in [1.165, 1.54) is 32.1 Å². The maximum Gasteiger partial charge on any atom is 0.223 e. The Morgan fingerprint density at radius 2 is 2.00 bits per heavy atom. The van der Waals surface area contributed by atoms with Crippen molar-refractivity contribution in [2.24, 2.45) is 11.8 Å². The number of amides is 1. The van der Waals surface area contributed by atoms with Crippen LogP contribution in [0.15, 0.2) is 24.5 Å². The highest BCUT2D eigenvalue weighted by Crippen LogP contribution is 2.31. The van der Waals surface area contributed by atoms with Crippen LogP contribution in [0, 0.1) is 11.8 Å². The Labute approximate surface area is 146 Å². The molecule has 1 aliphatic rings. The Bertz CT molecular complexity index is 472. The second-order valence-corrected chi connectivity index (χ2v) is 7.10. The van der Waals surface area contributed by atoms with Crippen molar-refractivity contribution in [1.82, 2.24) is 9.88 Å². The molecule has 1 fully saturated rings. The minimum absolute atomic E-state index is 0.279. The molecule has 0 spiro atoms. The lowest BCUT2D eigenvalue weighted by atomic mass is 9.79. The lowest BCUT2D eigenvalue weighted by molar-refractivity contribution is -0.133. The van der Waals surface area contributed by atoms with E-state index in [0.29, 0.717) is 25.5 Å². The highest BCUT2D eigenvalue weighted by Gasteiger charge is 2.24. The Morgan fingerprint density at radius 1 is 1.29 bits per heavy atom. The van der Waals surface area contributed by atoms with Gasteiger partial charge in [-0.3, -0.25) is 9.78 Å². The maximum atomic E-state index is 12.9. The Kier molecular flexibility index (Phi) is 8.23. The fourth-order valence-corrected chi connectivity index (χ4v) is 3.67. The summed E-state index contributed by atoms with van der Waals surface area (Å²) in [5.41, 5.74) is 1.14. The second-order valence-electron chi connectivity index (χ2n) is 7.10. The third kappa shape index (κ3) is 6.23. The molecule has 1 saturated carbocycles. The van der Waals surface area contributed by atoms with Crippen molar-refractivity contribution in [3.05, 3.63) is 30.1 Å².